The van der Waals surface area contributed by atoms with Crippen LogP contribution in [0.25, 0.3) is 0 Å². The van der Waals surface area contributed by atoms with Gasteiger partial charge in [0.2, 0.25) is 0 Å². The molecule has 0 aromatic heterocycles. The highest BCUT2D eigenvalue weighted by Crippen LogP contribution is 2.39. The van der Waals surface area contributed by atoms with Crippen molar-refractivity contribution < 1.29 is 9.18 Å². The Hall–Kier alpha value is -1.91. The van der Waals surface area contributed by atoms with Crippen molar-refractivity contribution in [3.8, 4) is 0 Å². The van der Waals surface area contributed by atoms with E-state index in [1.165, 1.54) is 12.1 Å². The molecule has 2 N–H and O–H groups in total. The van der Waals surface area contributed by atoms with Crippen molar-refractivity contribution in [3.63, 3.8) is 0 Å². The van der Waals surface area contributed by atoms with Crippen molar-refractivity contribution in [2.75, 3.05) is 6.54 Å². The van der Waals surface area contributed by atoms with E-state index in [1.54, 1.807) is 6.07 Å². The molecule has 1 atom stereocenters. The summed E-state index contributed by atoms with van der Waals surface area (Å²) in [6.07, 6.45) is 1.34. The Morgan fingerprint density at radius 1 is 1.45 bits per heavy atom. The molecule has 1 aromatic rings. The highest BCUT2D eigenvalue weighted by molar-refractivity contribution is 6.09. The molecule has 3 rings (SSSR count). The van der Waals surface area contributed by atoms with Gasteiger partial charge in [-0.2, -0.15) is 0 Å². The highest BCUT2D eigenvalue weighted by Gasteiger charge is 2.50. The molecule has 5 heteroatoms. The zero-order valence-electron chi connectivity index (χ0n) is 11.7. The number of rotatable bonds is 2. The standard InChI is InChI=1S/C15H18FN3O/c1-9(2)8-17-14-18-13(20)15(19-14)6-5-10-7-11(16)3-4-12(10)15/h3-4,7,9H,5-6,8H2,1-2H3,(H2,17,18,19,20). The van der Waals surface area contributed by atoms with E-state index >= 15 is 0 Å². The van der Waals surface area contributed by atoms with Crippen molar-refractivity contribution in [1.29, 1.82) is 0 Å². The number of guanidine groups is 1. The Labute approximate surface area is 117 Å². The summed E-state index contributed by atoms with van der Waals surface area (Å²) in [6, 6.07) is 4.63. The largest absolute Gasteiger partial charge is 0.338 e. The number of hydrogen-bond donors (Lipinski definition) is 2. The van der Waals surface area contributed by atoms with E-state index < -0.39 is 5.54 Å². The molecule has 1 aliphatic carbocycles. The molecule has 0 radical (unpaired) electrons. The number of halogens is 1. The number of benzene rings is 1. The van der Waals surface area contributed by atoms with Gasteiger partial charge in [-0.25, -0.2) is 4.39 Å². The summed E-state index contributed by atoms with van der Waals surface area (Å²) >= 11 is 0. The fourth-order valence-electron chi connectivity index (χ4n) is 2.87. The molecule has 1 amide bonds. The fraction of sp³-hybridized carbons (Fsp3) is 0.467. The zero-order chi connectivity index (χ0) is 14.3. The molecule has 1 fully saturated rings. The van der Waals surface area contributed by atoms with E-state index in [2.05, 4.69) is 29.5 Å². The number of fused-ring (bicyclic) bond motifs is 2. The SMILES string of the molecule is CC(C)CN=C1NC(=O)C2(CCc3cc(F)ccc32)N1. The number of carbonyl (C=O) groups excluding carboxylic acids is 1. The molecule has 20 heavy (non-hydrogen) atoms. The van der Waals surface area contributed by atoms with Gasteiger partial charge in [0.1, 0.15) is 11.4 Å². The van der Waals surface area contributed by atoms with Gasteiger partial charge in [0, 0.05) is 6.54 Å². The quantitative estimate of drug-likeness (QED) is 0.863. The first-order valence-corrected chi connectivity index (χ1v) is 6.94. The van der Waals surface area contributed by atoms with Crippen LogP contribution >= 0.6 is 0 Å². The topological polar surface area (TPSA) is 53.5 Å². The van der Waals surface area contributed by atoms with Crippen LogP contribution in [0.2, 0.25) is 0 Å². The molecule has 1 spiro atoms. The van der Waals surface area contributed by atoms with Crippen molar-refractivity contribution in [1.82, 2.24) is 10.6 Å². The molecule has 0 bridgehead atoms. The maximum absolute atomic E-state index is 13.3. The molecular formula is C15H18FN3O. The number of aliphatic imine (C=N–C) groups is 1. The lowest BCUT2D eigenvalue weighted by Crippen LogP contribution is -2.41. The van der Waals surface area contributed by atoms with E-state index in [-0.39, 0.29) is 11.7 Å². The average molecular weight is 275 g/mol. The summed E-state index contributed by atoms with van der Waals surface area (Å²) in [5.41, 5.74) is 1.00. The minimum Gasteiger partial charge on any atom is -0.338 e. The van der Waals surface area contributed by atoms with Crippen molar-refractivity contribution in [2.24, 2.45) is 10.9 Å². The Bertz CT molecular complexity index is 597. The van der Waals surface area contributed by atoms with Crippen LogP contribution < -0.4 is 10.6 Å². The lowest BCUT2D eigenvalue weighted by atomic mass is 9.92. The summed E-state index contributed by atoms with van der Waals surface area (Å²) in [6.45, 7) is 4.81. The summed E-state index contributed by atoms with van der Waals surface area (Å²) in [4.78, 5) is 16.7. The smallest absolute Gasteiger partial charge is 0.257 e. The van der Waals surface area contributed by atoms with Gasteiger partial charge in [0.15, 0.2) is 5.96 Å². The van der Waals surface area contributed by atoms with Gasteiger partial charge in [-0.3, -0.25) is 15.1 Å². The molecule has 4 nitrogen and oxygen atoms in total. The normalized spacial score (nSPS) is 26.2. The zero-order valence-corrected chi connectivity index (χ0v) is 11.7. The number of aryl methyl sites for hydroxylation is 1. The van der Waals surface area contributed by atoms with Gasteiger partial charge in [-0.05, 0) is 42.0 Å². The number of hydrogen-bond acceptors (Lipinski definition) is 2. The van der Waals surface area contributed by atoms with E-state index in [0.717, 1.165) is 11.1 Å². The number of nitrogens with zero attached hydrogens (tertiary/aromatic N) is 1. The molecule has 1 heterocycles. The first kappa shape index (κ1) is 13.1. The van der Waals surface area contributed by atoms with Gasteiger partial charge in [0.25, 0.3) is 5.91 Å². The van der Waals surface area contributed by atoms with E-state index in [4.69, 9.17) is 0 Å². The second-order valence-electron chi connectivity index (χ2n) is 5.87. The molecule has 1 unspecified atom stereocenters. The van der Waals surface area contributed by atoms with Crippen LogP contribution in [-0.4, -0.2) is 18.4 Å². The van der Waals surface area contributed by atoms with Crippen LogP contribution in [0.1, 0.15) is 31.4 Å². The molecule has 2 aliphatic rings. The minimum absolute atomic E-state index is 0.0923. The van der Waals surface area contributed by atoms with Gasteiger partial charge in [-0.1, -0.05) is 19.9 Å². The summed E-state index contributed by atoms with van der Waals surface area (Å²) in [5, 5.41) is 6.02. The fourth-order valence-corrected chi connectivity index (χ4v) is 2.87. The van der Waals surface area contributed by atoms with E-state index in [0.29, 0.717) is 31.3 Å². The monoisotopic (exact) mass is 275 g/mol. The lowest BCUT2D eigenvalue weighted by Gasteiger charge is -2.21. The van der Waals surface area contributed by atoms with Gasteiger partial charge < -0.3 is 5.32 Å². The van der Waals surface area contributed by atoms with Gasteiger partial charge in [0.05, 0.1) is 0 Å². The second-order valence-corrected chi connectivity index (χ2v) is 5.87. The van der Waals surface area contributed by atoms with Gasteiger partial charge >= 0.3 is 0 Å². The van der Waals surface area contributed by atoms with Crippen LogP contribution in [-0.2, 0) is 16.8 Å². The van der Waals surface area contributed by atoms with Crippen LogP contribution in [0, 0.1) is 11.7 Å². The maximum Gasteiger partial charge on any atom is 0.257 e. The van der Waals surface area contributed by atoms with Crippen molar-refractivity contribution in [2.45, 2.75) is 32.2 Å². The summed E-state index contributed by atoms with van der Waals surface area (Å²) in [5.74, 6) is 0.613. The molecular weight excluding hydrogens is 257 g/mol. The van der Waals surface area contributed by atoms with Crippen LogP contribution in [0.4, 0.5) is 4.39 Å². The number of nitrogens with one attached hydrogen (secondary N) is 2. The lowest BCUT2D eigenvalue weighted by molar-refractivity contribution is -0.124. The molecule has 0 saturated carbocycles. The van der Waals surface area contributed by atoms with Crippen LogP contribution in [0.3, 0.4) is 0 Å². The van der Waals surface area contributed by atoms with Crippen molar-refractivity contribution in [3.05, 3.63) is 35.1 Å². The predicted molar refractivity (Wildman–Crippen MR) is 74.8 cm³/mol. The summed E-state index contributed by atoms with van der Waals surface area (Å²) < 4.78 is 13.3. The van der Waals surface area contributed by atoms with Crippen molar-refractivity contribution >= 4 is 11.9 Å². The minimum atomic E-state index is -0.765. The predicted octanol–water partition coefficient (Wildman–Crippen LogP) is 1.70. The third-order valence-electron chi connectivity index (χ3n) is 3.86. The Morgan fingerprint density at radius 2 is 2.25 bits per heavy atom. The van der Waals surface area contributed by atoms with Crippen LogP contribution in [0.5, 0.6) is 0 Å². The highest BCUT2D eigenvalue weighted by atomic mass is 19.1. The number of carbonyl (C=O) groups is 1. The third kappa shape index (κ3) is 1.97. The average Bonchev–Trinajstić information content (AvgIpc) is 2.90. The first-order valence-electron chi connectivity index (χ1n) is 6.94. The molecule has 106 valence electrons. The molecule has 1 saturated heterocycles. The van der Waals surface area contributed by atoms with E-state index in [9.17, 15) is 9.18 Å². The molecule has 1 aromatic carbocycles. The van der Waals surface area contributed by atoms with E-state index in [1.807, 2.05) is 0 Å². The van der Waals surface area contributed by atoms with Gasteiger partial charge in [-0.15, -0.1) is 0 Å². The van der Waals surface area contributed by atoms with Crippen LogP contribution in [0.15, 0.2) is 23.2 Å². The number of amides is 1. The third-order valence-corrected chi connectivity index (χ3v) is 3.86. The second kappa shape index (κ2) is 4.58. The first-order chi connectivity index (χ1) is 9.51. The molecule has 1 aliphatic heterocycles. The Morgan fingerprint density at radius 3 is 3.00 bits per heavy atom. The maximum atomic E-state index is 13.3. The summed E-state index contributed by atoms with van der Waals surface area (Å²) in [7, 11) is 0. The Kier molecular flexibility index (Phi) is 3.00. The Balaban J connectivity index is 1.92.